The summed E-state index contributed by atoms with van der Waals surface area (Å²) in [7, 11) is 3.41. The number of aliphatic imine (C=N–C) groups is 1. The van der Waals surface area contributed by atoms with Crippen molar-refractivity contribution in [3.05, 3.63) is 35.9 Å². The molecule has 6 nitrogen and oxygen atoms in total. The summed E-state index contributed by atoms with van der Waals surface area (Å²) in [6, 6.07) is 7.53. The molecule has 0 spiro atoms. The van der Waals surface area contributed by atoms with Crippen LogP contribution in [0.2, 0.25) is 0 Å². The van der Waals surface area contributed by atoms with E-state index in [1.807, 2.05) is 0 Å². The van der Waals surface area contributed by atoms with E-state index in [1.165, 1.54) is 0 Å². The van der Waals surface area contributed by atoms with E-state index in [0.717, 1.165) is 11.8 Å². The number of ether oxygens (including phenoxy) is 1. The van der Waals surface area contributed by atoms with E-state index < -0.39 is 48.0 Å². The quantitative estimate of drug-likeness (QED) is 0.683. The average molecular weight is 420 g/mol. The van der Waals surface area contributed by atoms with Crippen LogP contribution in [0.25, 0.3) is 0 Å². The Morgan fingerprint density at radius 1 is 1.14 bits per heavy atom. The highest BCUT2D eigenvalue weighted by atomic mass is 32.2. The van der Waals surface area contributed by atoms with Gasteiger partial charge < -0.3 is 25.0 Å². The third-order valence-electron chi connectivity index (χ3n) is 5.03. The largest absolute Gasteiger partial charge is 0.419 e. The van der Waals surface area contributed by atoms with Gasteiger partial charge in [-0.05, 0) is 18.4 Å². The summed E-state index contributed by atoms with van der Waals surface area (Å²) in [6.07, 6.45) is -11.4. The van der Waals surface area contributed by atoms with Crippen LogP contribution in [0.15, 0.2) is 35.3 Å². The number of halogens is 3. The number of nitrogens with zero attached hydrogens (tertiary/aromatic N) is 2. The molecule has 28 heavy (non-hydrogen) atoms. The first kappa shape index (κ1) is 21.4. The van der Waals surface area contributed by atoms with E-state index in [4.69, 9.17) is 4.74 Å². The Morgan fingerprint density at radius 3 is 2.36 bits per heavy atom. The molecular formula is C18H23F3N2O4S. The zero-order valence-corrected chi connectivity index (χ0v) is 16.2. The first-order valence-corrected chi connectivity index (χ1v) is 9.69. The fourth-order valence-corrected chi connectivity index (χ4v) is 4.52. The van der Waals surface area contributed by atoms with Gasteiger partial charge in [-0.15, -0.1) is 0 Å². The predicted octanol–water partition coefficient (Wildman–Crippen LogP) is 1.39. The molecule has 0 aliphatic carbocycles. The van der Waals surface area contributed by atoms with Gasteiger partial charge in [0.25, 0.3) is 0 Å². The van der Waals surface area contributed by atoms with E-state index in [9.17, 15) is 28.5 Å². The van der Waals surface area contributed by atoms with Gasteiger partial charge in [-0.1, -0.05) is 42.1 Å². The van der Waals surface area contributed by atoms with Crippen molar-refractivity contribution < 1.29 is 33.2 Å². The summed E-state index contributed by atoms with van der Waals surface area (Å²) in [6.45, 7) is 0. The van der Waals surface area contributed by atoms with Crippen molar-refractivity contribution in [2.24, 2.45) is 4.99 Å². The molecule has 0 radical (unpaired) electrons. The van der Waals surface area contributed by atoms with E-state index in [2.05, 4.69) is 4.99 Å². The van der Waals surface area contributed by atoms with Gasteiger partial charge in [-0.3, -0.25) is 4.99 Å². The van der Waals surface area contributed by atoms with Crippen LogP contribution in [-0.4, -0.2) is 81.0 Å². The molecule has 0 aromatic heterocycles. The normalized spacial score (nSPS) is 32.4. The first-order chi connectivity index (χ1) is 13.0. The molecule has 3 rings (SSSR count). The van der Waals surface area contributed by atoms with Crippen LogP contribution in [0.5, 0.6) is 0 Å². The van der Waals surface area contributed by atoms with E-state index >= 15 is 0 Å². The maximum Gasteiger partial charge on any atom is 0.419 e. The second kappa shape index (κ2) is 7.83. The van der Waals surface area contributed by atoms with Gasteiger partial charge in [0.05, 0.1) is 0 Å². The minimum Gasteiger partial charge on any atom is -0.388 e. The highest BCUT2D eigenvalue weighted by Crippen LogP contribution is 2.45. The lowest BCUT2D eigenvalue weighted by Crippen LogP contribution is -2.67. The zero-order chi connectivity index (χ0) is 20.7. The number of alkyl halides is 3. The van der Waals surface area contributed by atoms with Gasteiger partial charge in [0.15, 0.2) is 10.8 Å². The smallest absolute Gasteiger partial charge is 0.388 e. The maximum absolute atomic E-state index is 13.9. The fourth-order valence-electron chi connectivity index (χ4n) is 3.38. The highest BCUT2D eigenvalue weighted by Gasteiger charge is 2.65. The summed E-state index contributed by atoms with van der Waals surface area (Å²) in [4.78, 5) is 5.87. The molecule has 1 saturated heterocycles. The average Bonchev–Trinajstić information content (AvgIpc) is 3.07. The summed E-state index contributed by atoms with van der Waals surface area (Å²) >= 11 is 1.06. The number of hydrogen-bond acceptors (Lipinski definition) is 7. The van der Waals surface area contributed by atoms with Crippen LogP contribution < -0.4 is 0 Å². The molecule has 6 atom stereocenters. The van der Waals surface area contributed by atoms with Crippen molar-refractivity contribution in [1.82, 2.24) is 4.90 Å². The summed E-state index contributed by atoms with van der Waals surface area (Å²) < 4.78 is 47.1. The van der Waals surface area contributed by atoms with E-state index in [-0.39, 0.29) is 6.42 Å². The minimum atomic E-state index is -5.06. The minimum absolute atomic E-state index is 0.0692. The Labute approximate surface area is 165 Å². The molecular weight excluding hydrogens is 397 g/mol. The van der Waals surface area contributed by atoms with Crippen LogP contribution >= 0.6 is 11.8 Å². The number of aliphatic hydroxyl groups excluding tert-OH is 2. The van der Waals surface area contributed by atoms with Crippen LogP contribution in [0, 0.1) is 0 Å². The second-order valence-corrected chi connectivity index (χ2v) is 8.29. The molecule has 0 saturated carbocycles. The molecule has 1 fully saturated rings. The topological polar surface area (TPSA) is 85.5 Å². The number of aryl methyl sites for hydroxylation is 1. The molecule has 10 heteroatoms. The molecule has 2 aliphatic heterocycles. The lowest BCUT2D eigenvalue weighted by Gasteiger charge is -2.46. The Bertz CT molecular complexity index is 719. The summed E-state index contributed by atoms with van der Waals surface area (Å²) in [5.74, 6) is 0. The molecule has 3 N–H and O–H groups in total. The number of thioether (sulfide) groups is 1. The Balaban J connectivity index is 1.84. The molecule has 0 amide bonds. The fraction of sp³-hybridized carbons (Fsp3) is 0.611. The van der Waals surface area contributed by atoms with Crippen LogP contribution in [0.4, 0.5) is 13.2 Å². The molecule has 1 aromatic rings. The highest BCUT2D eigenvalue weighted by molar-refractivity contribution is 8.14. The van der Waals surface area contributed by atoms with E-state index in [0.29, 0.717) is 10.7 Å². The predicted molar refractivity (Wildman–Crippen MR) is 98.9 cm³/mol. The number of rotatable bonds is 4. The Kier molecular flexibility index (Phi) is 5.98. The molecule has 156 valence electrons. The number of aliphatic hydroxyl groups is 3. The van der Waals surface area contributed by atoms with Gasteiger partial charge in [0.1, 0.15) is 29.8 Å². The lowest BCUT2D eigenvalue weighted by atomic mass is 9.81. The first-order valence-electron chi connectivity index (χ1n) is 8.81. The molecule has 0 bridgehead atoms. The van der Waals surface area contributed by atoms with Gasteiger partial charge in [0, 0.05) is 14.1 Å². The molecule has 2 heterocycles. The number of benzene rings is 1. The number of amidine groups is 1. The van der Waals surface area contributed by atoms with Crippen molar-refractivity contribution >= 4 is 16.9 Å². The van der Waals surface area contributed by atoms with Gasteiger partial charge in [-0.2, -0.15) is 13.2 Å². The molecule has 2 aliphatic rings. The van der Waals surface area contributed by atoms with Gasteiger partial charge >= 0.3 is 6.18 Å². The molecule has 1 aromatic carbocycles. The van der Waals surface area contributed by atoms with Gasteiger partial charge in [0.2, 0.25) is 0 Å². The third kappa shape index (κ3) is 3.88. The van der Waals surface area contributed by atoms with Crippen molar-refractivity contribution in [2.75, 3.05) is 14.1 Å². The number of hydrogen-bond donors (Lipinski definition) is 3. The Hall–Kier alpha value is -1.33. The van der Waals surface area contributed by atoms with Crippen molar-refractivity contribution in [1.29, 1.82) is 0 Å². The third-order valence-corrected chi connectivity index (χ3v) is 6.34. The molecule has 1 unspecified atom stereocenters. The van der Waals surface area contributed by atoms with Crippen LogP contribution in [0.1, 0.15) is 12.0 Å². The zero-order valence-electron chi connectivity index (χ0n) is 15.4. The summed E-state index contributed by atoms with van der Waals surface area (Å²) in [5, 5.41) is 31.9. The van der Waals surface area contributed by atoms with Gasteiger partial charge in [-0.25, -0.2) is 0 Å². The maximum atomic E-state index is 13.9. The van der Waals surface area contributed by atoms with Crippen molar-refractivity contribution in [3.63, 3.8) is 0 Å². The SMILES string of the molecule is CN(C)C1=N[C@@H]2[C@@H](O)[C@H](O)[C@@H](C(O)(CCc3ccccc3)C(F)(F)F)O[C@@H]2S1. The van der Waals surface area contributed by atoms with E-state index in [1.54, 1.807) is 49.3 Å². The Morgan fingerprint density at radius 2 is 1.79 bits per heavy atom. The van der Waals surface area contributed by atoms with Crippen LogP contribution in [-0.2, 0) is 11.2 Å². The van der Waals surface area contributed by atoms with Crippen LogP contribution in [0.3, 0.4) is 0 Å². The second-order valence-electron chi connectivity index (χ2n) is 7.23. The number of fused-ring (bicyclic) bond motifs is 1. The summed E-state index contributed by atoms with van der Waals surface area (Å²) in [5.41, 5.74) is -3.64. The lowest BCUT2D eigenvalue weighted by molar-refractivity contribution is -0.326. The van der Waals surface area contributed by atoms with Crippen molar-refractivity contribution in [2.45, 2.75) is 54.4 Å². The standard InChI is InChI=1S/C18H23F3N2O4S/c1-23(2)16-22-11-12(24)13(25)14(27-15(11)28-16)17(26,18(19,20)21)9-8-10-6-4-3-5-7-10/h3-7,11-15,24-26H,8-9H2,1-2H3/t11-,12-,13+,14+,15-,17?/m1/s1. The monoisotopic (exact) mass is 420 g/mol. The van der Waals surface area contributed by atoms with Crippen molar-refractivity contribution in [3.8, 4) is 0 Å².